The smallest absolute Gasteiger partial charge is 0.335 e. The summed E-state index contributed by atoms with van der Waals surface area (Å²) in [7, 11) is 0. The van der Waals surface area contributed by atoms with E-state index in [0.717, 1.165) is 11.3 Å². The molecular weight excluding hydrogens is 403 g/mol. The fraction of sp³-hybridized carbons (Fsp3) is 0.150. The molecule has 2 aromatic carbocycles. The van der Waals surface area contributed by atoms with E-state index in [0.29, 0.717) is 17.9 Å². The van der Waals surface area contributed by atoms with Gasteiger partial charge in [0, 0.05) is 0 Å². The summed E-state index contributed by atoms with van der Waals surface area (Å²) in [6.45, 7) is 2.55. The van der Waals surface area contributed by atoms with Crippen molar-refractivity contribution in [1.29, 1.82) is 0 Å². The van der Waals surface area contributed by atoms with Crippen LogP contribution < -0.4 is 15.0 Å². The Labute approximate surface area is 171 Å². The number of barbiturate groups is 1. The van der Waals surface area contributed by atoms with Gasteiger partial charge in [-0.3, -0.25) is 14.9 Å². The highest BCUT2D eigenvalue weighted by molar-refractivity contribution is 6.43. The molecule has 0 atom stereocenters. The van der Waals surface area contributed by atoms with E-state index in [1.807, 2.05) is 6.92 Å². The van der Waals surface area contributed by atoms with Gasteiger partial charge in [0.15, 0.2) is 0 Å². The highest BCUT2D eigenvalue weighted by Crippen LogP contribution is 2.29. The average molecular weight is 419 g/mol. The maximum absolute atomic E-state index is 12.9. The molecule has 0 spiro atoms. The highest BCUT2D eigenvalue weighted by Gasteiger charge is 2.37. The summed E-state index contributed by atoms with van der Waals surface area (Å²) in [5.74, 6) is -0.907. The van der Waals surface area contributed by atoms with Crippen molar-refractivity contribution in [3.8, 4) is 5.75 Å². The van der Waals surface area contributed by atoms with E-state index in [-0.39, 0.29) is 21.3 Å². The number of anilines is 1. The molecule has 0 aliphatic carbocycles. The van der Waals surface area contributed by atoms with Crippen LogP contribution in [0.1, 0.15) is 18.9 Å². The van der Waals surface area contributed by atoms with Crippen molar-refractivity contribution in [2.24, 2.45) is 0 Å². The van der Waals surface area contributed by atoms with Gasteiger partial charge in [-0.25, -0.2) is 9.69 Å². The number of hydrogen-bond acceptors (Lipinski definition) is 4. The molecule has 28 heavy (non-hydrogen) atoms. The Hall–Kier alpha value is -2.83. The van der Waals surface area contributed by atoms with E-state index < -0.39 is 17.8 Å². The first kappa shape index (κ1) is 19.9. The number of imide groups is 2. The number of carbonyl (C=O) groups excluding carboxylic acids is 3. The topological polar surface area (TPSA) is 75.7 Å². The zero-order valence-electron chi connectivity index (χ0n) is 14.9. The van der Waals surface area contributed by atoms with E-state index in [1.165, 1.54) is 24.3 Å². The van der Waals surface area contributed by atoms with E-state index in [4.69, 9.17) is 27.9 Å². The fourth-order valence-corrected chi connectivity index (χ4v) is 2.89. The molecular formula is C20H16Cl2N2O4. The van der Waals surface area contributed by atoms with Gasteiger partial charge in [0.05, 0.1) is 22.3 Å². The van der Waals surface area contributed by atoms with Gasteiger partial charge in [-0.1, -0.05) is 42.3 Å². The van der Waals surface area contributed by atoms with Crippen molar-refractivity contribution in [2.75, 3.05) is 11.5 Å². The number of benzene rings is 2. The molecule has 8 heteroatoms. The highest BCUT2D eigenvalue weighted by atomic mass is 35.5. The van der Waals surface area contributed by atoms with Crippen LogP contribution in [0.5, 0.6) is 5.75 Å². The van der Waals surface area contributed by atoms with Gasteiger partial charge < -0.3 is 4.74 Å². The molecule has 2 aromatic rings. The summed E-state index contributed by atoms with van der Waals surface area (Å²) in [6.07, 6.45) is 2.26. The Bertz CT molecular complexity index is 988. The molecule has 0 unspecified atom stereocenters. The molecule has 1 N–H and O–H groups in total. The number of amides is 4. The van der Waals surface area contributed by atoms with Crippen LogP contribution in [-0.4, -0.2) is 24.5 Å². The second kappa shape index (κ2) is 8.46. The number of halogens is 2. The maximum Gasteiger partial charge on any atom is 0.335 e. The van der Waals surface area contributed by atoms with Crippen LogP contribution >= 0.6 is 23.2 Å². The molecule has 1 aliphatic rings. The number of carbonyl (C=O) groups is 3. The second-order valence-corrected chi connectivity index (χ2v) is 6.79. The van der Waals surface area contributed by atoms with Crippen LogP contribution in [-0.2, 0) is 9.59 Å². The number of hydrogen-bond donors (Lipinski definition) is 1. The zero-order chi connectivity index (χ0) is 20.3. The summed E-state index contributed by atoms with van der Waals surface area (Å²) in [5, 5.41) is 2.63. The molecule has 0 saturated carbocycles. The standard InChI is InChI=1S/C20H16Cl2N2O4/c1-2-8-28-14-5-3-4-12(9-14)10-15-18(25)23-20(27)24(19(15)26)13-6-7-16(21)17(22)11-13/h3-7,9-11H,2,8H2,1H3,(H,23,25,27)/b15-10-. The third-order valence-electron chi connectivity index (χ3n) is 3.91. The lowest BCUT2D eigenvalue weighted by Crippen LogP contribution is -2.54. The molecule has 0 bridgehead atoms. The predicted octanol–water partition coefficient (Wildman–Crippen LogP) is 4.45. The van der Waals surface area contributed by atoms with Gasteiger partial charge in [0.25, 0.3) is 11.8 Å². The predicted molar refractivity (Wildman–Crippen MR) is 108 cm³/mol. The third kappa shape index (κ3) is 4.18. The van der Waals surface area contributed by atoms with Gasteiger partial charge in [0.2, 0.25) is 0 Å². The quantitative estimate of drug-likeness (QED) is 0.574. The average Bonchev–Trinajstić information content (AvgIpc) is 2.66. The van der Waals surface area contributed by atoms with E-state index in [9.17, 15) is 14.4 Å². The van der Waals surface area contributed by atoms with Crippen LogP contribution in [0.3, 0.4) is 0 Å². The molecule has 1 aliphatic heterocycles. The molecule has 0 aromatic heterocycles. The Balaban J connectivity index is 1.95. The second-order valence-electron chi connectivity index (χ2n) is 5.98. The Kier molecular flexibility index (Phi) is 6.02. The fourth-order valence-electron chi connectivity index (χ4n) is 2.60. The largest absolute Gasteiger partial charge is 0.494 e. The molecule has 144 valence electrons. The summed E-state index contributed by atoms with van der Waals surface area (Å²) < 4.78 is 5.56. The van der Waals surface area contributed by atoms with Crippen LogP contribution in [0.15, 0.2) is 48.0 Å². The lowest BCUT2D eigenvalue weighted by Gasteiger charge is -2.26. The Morgan fingerprint density at radius 1 is 1.07 bits per heavy atom. The van der Waals surface area contributed by atoms with Crippen LogP contribution in [0.25, 0.3) is 6.08 Å². The Morgan fingerprint density at radius 3 is 2.57 bits per heavy atom. The van der Waals surface area contributed by atoms with Crippen molar-refractivity contribution in [3.05, 3.63) is 63.6 Å². The van der Waals surface area contributed by atoms with Crippen molar-refractivity contribution in [1.82, 2.24) is 5.32 Å². The summed E-state index contributed by atoms with van der Waals surface area (Å²) in [6, 6.07) is 10.4. The minimum absolute atomic E-state index is 0.182. The lowest BCUT2D eigenvalue weighted by molar-refractivity contribution is -0.122. The first-order chi connectivity index (χ1) is 13.4. The summed E-state index contributed by atoms with van der Waals surface area (Å²) in [5.41, 5.74) is 0.615. The molecule has 1 saturated heterocycles. The van der Waals surface area contributed by atoms with Crippen LogP contribution in [0.4, 0.5) is 10.5 Å². The summed E-state index contributed by atoms with van der Waals surface area (Å²) in [4.78, 5) is 38.2. The normalized spacial score (nSPS) is 15.8. The molecule has 1 fully saturated rings. The number of nitrogens with zero attached hydrogens (tertiary/aromatic N) is 1. The molecule has 1 heterocycles. The SMILES string of the molecule is CCCOc1cccc(/C=C2/C(=O)NC(=O)N(c3ccc(Cl)c(Cl)c3)C2=O)c1. The molecule has 6 nitrogen and oxygen atoms in total. The van der Waals surface area contributed by atoms with Gasteiger partial charge in [0.1, 0.15) is 11.3 Å². The summed E-state index contributed by atoms with van der Waals surface area (Å²) >= 11 is 11.9. The number of urea groups is 1. The number of ether oxygens (including phenoxy) is 1. The first-order valence-corrected chi connectivity index (χ1v) is 9.25. The van der Waals surface area contributed by atoms with E-state index in [2.05, 4.69) is 5.32 Å². The van der Waals surface area contributed by atoms with Crippen molar-refractivity contribution in [3.63, 3.8) is 0 Å². The minimum Gasteiger partial charge on any atom is -0.494 e. The van der Waals surface area contributed by atoms with E-state index >= 15 is 0 Å². The van der Waals surface area contributed by atoms with Gasteiger partial charge in [-0.15, -0.1) is 0 Å². The van der Waals surface area contributed by atoms with Gasteiger partial charge in [-0.2, -0.15) is 0 Å². The molecule has 0 radical (unpaired) electrons. The van der Waals surface area contributed by atoms with Crippen molar-refractivity contribution >= 4 is 52.8 Å². The Morgan fingerprint density at radius 2 is 1.86 bits per heavy atom. The van der Waals surface area contributed by atoms with Crippen LogP contribution in [0, 0.1) is 0 Å². The van der Waals surface area contributed by atoms with Gasteiger partial charge >= 0.3 is 6.03 Å². The lowest BCUT2D eigenvalue weighted by atomic mass is 10.1. The molecule has 4 amide bonds. The number of nitrogens with one attached hydrogen (secondary N) is 1. The zero-order valence-corrected chi connectivity index (χ0v) is 16.4. The maximum atomic E-state index is 12.9. The first-order valence-electron chi connectivity index (χ1n) is 8.50. The minimum atomic E-state index is -0.856. The van der Waals surface area contributed by atoms with E-state index in [1.54, 1.807) is 24.3 Å². The monoisotopic (exact) mass is 418 g/mol. The van der Waals surface area contributed by atoms with Gasteiger partial charge in [-0.05, 0) is 48.4 Å². The van der Waals surface area contributed by atoms with Crippen molar-refractivity contribution in [2.45, 2.75) is 13.3 Å². The van der Waals surface area contributed by atoms with Crippen LogP contribution in [0.2, 0.25) is 10.0 Å². The molecule has 3 rings (SSSR count). The third-order valence-corrected chi connectivity index (χ3v) is 4.64. The van der Waals surface area contributed by atoms with Crippen molar-refractivity contribution < 1.29 is 19.1 Å². The number of rotatable bonds is 5.